The number of rotatable bonds is 6. The van der Waals surface area contributed by atoms with E-state index in [1.54, 1.807) is 14.2 Å². The van der Waals surface area contributed by atoms with Crippen molar-refractivity contribution in [1.29, 1.82) is 0 Å². The van der Waals surface area contributed by atoms with Crippen LogP contribution >= 0.6 is 0 Å². The number of methoxy groups -OCH3 is 1. The molecule has 0 bridgehead atoms. The molecule has 0 aliphatic heterocycles. The lowest BCUT2D eigenvalue weighted by atomic mass is 9.96. The van der Waals surface area contributed by atoms with Crippen molar-refractivity contribution in [2.75, 3.05) is 20.7 Å². The summed E-state index contributed by atoms with van der Waals surface area (Å²) in [6.45, 7) is 1.48. The number of halogens is 1. The number of aliphatic imine (C=N–C) groups is 1. The molecular weight excluding hydrogens is 317 g/mol. The van der Waals surface area contributed by atoms with Gasteiger partial charge in [-0.05, 0) is 48.2 Å². The van der Waals surface area contributed by atoms with Crippen LogP contribution in [0.25, 0.3) is 0 Å². The number of hydrogen-bond donors (Lipinski definition) is 2. The summed E-state index contributed by atoms with van der Waals surface area (Å²) in [5.41, 5.74) is 2.45. The lowest BCUT2D eigenvalue weighted by Gasteiger charge is -2.19. The Labute approximate surface area is 148 Å². The second-order valence-electron chi connectivity index (χ2n) is 6.41. The van der Waals surface area contributed by atoms with Crippen molar-refractivity contribution in [2.45, 2.75) is 24.8 Å². The average molecular weight is 341 g/mol. The third kappa shape index (κ3) is 4.29. The molecule has 0 saturated heterocycles. The van der Waals surface area contributed by atoms with Gasteiger partial charge in [-0.1, -0.05) is 24.3 Å². The van der Waals surface area contributed by atoms with E-state index in [1.165, 1.54) is 17.7 Å². The zero-order chi connectivity index (χ0) is 17.7. The molecule has 0 unspecified atom stereocenters. The Morgan fingerprint density at radius 2 is 1.76 bits per heavy atom. The number of nitrogens with one attached hydrogen (secondary N) is 2. The Kier molecular flexibility index (Phi) is 5.22. The van der Waals surface area contributed by atoms with Crippen molar-refractivity contribution < 1.29 is 9.13 Å². The lowest BCUT2D eigenvalue weighted by molar-refractivity contribution is 0.414. The van der Waals surface area contributed by atoms with Crippen LogP contribution in [0.5, 0.6) is 5.75 Å². The summed E-state index contributed by atoms with van der Waals surface area (Å²) < 4.78 is 18.3. The number of nitrogens with zero attached hydrogens (tertiary/aromatic N) is 1. The highest BCUT2D eigenvalue weighted by atomic mass is 19.1. The summed E-state index contributed by atoms with van der Waals surface area (Å²) in [5, 5.41) is 6.72. The van der Waals surface area contributed by atoms with Crippen molar-refractivity contribution in [2.24, 2.45) is 4.99 Å². The molecule has 0 heterocycles. The SMILES string of the molecule is CN=C(NCc1ccc(OC)cc1)NCC1(c2ccc(F)cc2)CC1. The highest BCUT2D eigenvalue weighted by Crippen LogP contribution is 2.47. The normalized spacial score (nSPS) is 15.6. The standard InChI is InChI=1S/C20H24FN3O/c1-22-19(23-13-15-3-9-18(25-2)10-4-15)24-14-20(11-12-20)16-5-7-17(21)8-6-16/h3-10H,11-14H2,1-2H3,(H2,22,23,24). The molecule has 3 rings (SSSR count). The van der Waals surface area contributed by atoms with Crippen LogP contribution in [-0.4, -0.2) is 26.7 Å². The Morgan fingerprint density at radius 1 is 1.08 bits per heavy atom. The Hall–Kier alpha value is -2.56. The van der Waals surface area contributed by atoms with E-state index in [0.29, 0.717) is 6.54 Å². The molecule has 2 N–H and O–H groups in total. The van der Waals surface area contributed by atoms with E-state index in [-0.39, 0.29) is 11.2 Å². The predicted octanol–water partition coefficient (Wildman–Crippen LogP) is 3.23. The minimum absolute atomic E-state index is 0.103. The van der Waals surface area contributed by atoms with Crippen molar-refractivity contribution in [3.63, 3.8) is 0 Å². The molecular formula is C20H24FN3O. The van der Waals surface area contributed by atoms with Gasteiger partial charge in [-0.15, -0.1) is 0 Å². The molecule has 0 spiro atoms. The van der Waals surface area contributed by atoms with Gasteiger partial charge in [0.2, 0.25) is 0 Å². The van der Waals surface area contributed by atoms with E-state index in [1.807, 2.05) is 36.4 Å². The Bertz CT molecular complexity index is 722. The molecule has 4 nitrogen and oxygen atoms in total. The summed E-state index contributed by atoms with van der Waals surface area (Å²) in [4.78, 5) is 4.29. The van der Waals surface area contributed by atoms with Crippen LogP contribution < -0.4 is 15.4 Å². The fourth-order valence-electron chi connectivity index (χ4n) is 2.92. The second kappa shape index (κ2) is 7.55. The van der Waals surface area contributed by atoms with Gasteiger partial charge in [-0.3, -0.25) is 4.99 Å². The zero-order valence-corrected chi connectivity index (χ0v) is 14.7. The van der Waals surface area contributed by atoms with Gasteiger partial charge in [0.1, 0.15) is 11.6 Å². The molecule has 1 fully saturated rings. The summed E-state index contributed by atoms with van der Waals surface area (Å²) in [7, 11) is 3.43. The second-order valence-corrected chi connectivity index (χ2v) is 6.41. The average Bonchev–Trinajstić information content (AvgIpc) is 3.44. The van der Waals surface area contributed by atoms with Crippen LogP contribution in [0.3, 0.4) is 0 Å². The van der Waals surface area contributed by atoms with Gasteiger partial charge in [-0.25, -0.2) is 4.39 Å². The molecule has 1 aliphatic rings. The maximum atomic E-state index is 13.1. The molecule has 0 aromatic heterocycles. The fourth-order valence-corrected chi connectivity index (χ4v) is 2.92. The molecule has 2 aromatic carbocycles. The summed E-state index contributed by atoms with van der Waals surface area (Å²) in [6.07, 6.45) is 2.22. The molecule has 1 aliphatic carbocycles. The summed E-state index contributed by atoms with van der Waals surface area (Å²) in [5.74, 6) is 1.43. The third-order valence-corrected chi connectivity index (χ3v) is 4.75. The molecule has 5 heteroatoms. The first-order valence-electron chi connectivity index (χ1n) is 8.49. The highest BCUT2D eigenvalue weighted by molar-refractivity contribution is 5.79. The first-order chi connectivity index (χ1) is 12.1. The molecule has 0 atom stereocenters. The zero-order valence-electron chi connectivity index (χ0n) is 14.7. The van der Waals surface area contributed by atoms with Crippen molar-refractivity contribution in [1.82, 2.24) is 10.6 Å². The molecule has 0 amide bonds. The van der Waals surface area contributed by atoms with Crippen molar-refractivity contribution in [3.8, 4) is 5.75 Å². The van der Waals surface area contributed by atoms with Crippen LogP contribution in [0.15, 0.2) is 53.5 Å². The minimum atomic E-state index is -0.190. The quantitative estimate of drug-likeness (QED) is 0.626. The first-order valence-corrected chi connectivity index (χ1v) is 8.49. The Balaban J connectivity index is 1.53. The molecule has 25 heavy (non-hydrogen) atoms. The van der Waals surface area contributed by atoms with E-state index < -0.39 is 0 Å². The third-order valence-electron chi connectivity index (χ3n) is 4.75. The maximum absolute atomic E-state index is 13.1. The largest absolute Gasteiger partial charge is 0.497 e. The molecule has 2 aromatic rings. The number of ether oxygens (including phenoxy) is 1. The van der Waals surface area contributed by atoms with Gasteiger partial charge in [0, 0.05) is 25.6 Å². The van der Waals surface area contributed by atoms with Gasteiger partial charge in [0.15, 0.2) is 5.96 Å². The maximum Gasteiger partial charge on any atom is 0.191 e. The topological polar surface area (TPSA) is 45.7 Å². The van der Waals surface area contributed by atoms with E-state index >= 15 is 0 Å². The number of benzene rings is 2. The highest BCUT2D eigenvalue weighted by Gasteiger charge is 2.44. The monoisotopic (exact) mass is 341 g/mol. The number of hydrogen-bond acceptors (Lipinski definition) is 2. The summed E-state index contributed by atoms with van der Waals surface area (Å²) >= 11 is 0. The van der Waals surface area contributed by atoms with E-state index in [0.717, 1.165) is 36.7 Å². The Morgan fingerprint density at radius 3 is 2.32 bits per heavy atom. The fraction of sp³-hybridized carbons (Fsp3) is 0.350. The first kappa shape index (κ1) is 17.3. The van der Waals surface area contributed by atoms with Gasteiger partial charge in [0.25, 0.3) is 0 Å². The van der Waals surface area contributed by atoms with Gasteiger partial charge in [-0.2, -0.15) is 0 Å². The van der Waals surface area contributed by atoms with Gasteiger partial charge < -0.3 is 15.4 Å². The van der Waals surface area contributed by atoms with E-state index in [9.17, 15) is 4.39 Å². The number of guanidine groups is 1. The predicted molar refractivity (Wildman–Crippen MR) is 98.5 cm³/mol. The lowest BCUT2D eigenvalue weighted by Crippen LogP contribution is -2.40. The molecule has 132 valence electrons. The van der Waals surface area contributed by atoms with E-state index in [2.05, 4.69) is 15.6 Å². The summed E-state index contributed by atoms with van der Waals surface area (Å²) in [6, 6.07) is 14.8. The molecule has 0 radical (unpaired) electrons. The smallest absolute Gasteiger partial charge is 0.191 e. The van der Waals surface area contributed by atoms with Crippen LogP contribution in [0, 0.1) is 5.82 Å². The van der Waals surface area contributed by atoms with Crippen LogP contribution in [0.1, 0.15) is 24.0 Å². The van der Waals surface area contributed by atoms with Crippen molar-refractivity contribution in [3.05, 3.63) is 65.5 Å². The van der Waals surface area contributed by atoms with Gasteiger partial charge in [0.05, 0.1) is 7.11 Å². The van der Waals surface area contributed by atoms with Crippen LogP contribution in [0.2, 0.25) is 0 Å². The van der Waals surface area contributed by atoms with Crippen LogP contribution in [0.4, 0.5) is 4.39 Å². The van der Waals surface area contributed by atoms with E-state index in [4.69, 9.17) is 4.74 Å². The van der Waals surface area contributed by atoms with Crippen molar-refractivity contribution >= 4 is 5.96 Å². The molecule has 1 saturated carbocycles. The van der Waals surface area contributed by atoms with Crippen LogP contribution in [-0.2, 0) is 12.0 Å². The minimum Gasteiger partial charge on any atom is -0.497 e. The van der Waals surface area contributed by atoms with Gasteiger partial charge >= 0.3 is 0 Å².